The average molecular weight is 467 g/mol. The summed E-state index contributed by atoms with van der Waals surface area (Å²) in [5, 5.41) is 16.8. The Morgan fingerprint density at radius 2 is 1.49 bits per heavy atom. The van der Waals surface area contributed by atoms with Crippen LogP contribution in [0.25, 0.3) is 17.4 Å². The first-order valence-electron chi connectivity index (χ1n) is 10.7. The number of benzene rings is 3. The first-order chi connectivity index (χ1) is 17.0. The maximum Gasteiger partial charge on any atom is 0.280 e. The number of para-hydroxylation sites is 1. The normalized spacial score (nSPS) is 10.7. The third-order valence-electron chi connectivity index (χ3n) is 5.04. The highest BCUT2D eigenvalue weighted by Crippen LogP contribution is 2.31. The molecule has 0 aliphatic carbocycles. The Morgan fingerprint density at radius 1 is 0.829 bits per heavy atom. The van der Waals surface area contributed by atoms with Crippen molar-refractivity contribution in [1.29, 1.82) is 0 Å². The molecule has 0 saturated heterocycles. The van der Waals surface area contributed by atoms with Crippen molar-refractivity contribution in [2.45, 2.75) is 6.42 Å². The van der Waals surface area contributed by atoms with Gasteiger partial charge in [-0.3, -0.25) is 19.7 Å². The first kappa shape index (κ1) is 23.2. The molecule has 4 rings (SSSR count). The van der Waals surface area contributed by atoms with Crippen molar-refractivity contribution in [2.75, 3.05) is 10.6 Å². The number of furan rings is 1. The minimum absolute atomic E-state index is 0.0603. The highest BCUT2D eigenvalue weighted by atomic mass is 16.6. The van der Waals surface area contributed by atoms with Gasteiger partial charge in [0.2, 0.25) is 11.8 Å². The van der Waals surface area contributed by atoms with Crippen LogP contribution in [0.15, 0.2) is 101 Å². The number of amides is 2. The maximum absolute atomic E-state index is 12.3. The van der Waals surface area contributed by atoms with Crippen LogP contribution in [0.1, 0.15) is 11.3 Å². The number of hydrogen-bond acceptors (Lipinski definition) is 5. The summed E-state index contributed by atoms with van der Waals surface area (Å²) in [6, 6.07) is 25.7. The van der Waals surface area contributed by atoms with Crippen molar-refractivity contribution in [2.24, 2.45) is 0 Å². The zero-order chi connectivity index (χ0) is 24.6. The Labute approximate surface area is 201 Å². The number of rotatable bonds is 8. The van der Waals surface area contributed by atoms with E-state index >= 15 is 0 Å². The molecule has 174 valence electrons. The third kappa shape index (κ3) is 6.29. The van der Waals surface area contributed by atoms with Crippen LogP contribution in [0.3, 0.4) is 0 Å². The lowest BCUT2D eigenvalue weighted by Crippen LogP contribution is -2.14. The summed E-state index contributed by atoms with van der Waals surface area (Å²) in [6.45, 7) is 0. The van der Waals surface area contributed by atoms with E-state index < -0.39 is 4.92 Å². The van der Waals surface area contributed by atoms with Crippen molar-refractivity contribution in [3.05, 3.63) is 119 Å². The summed E-state index contributed by atoms with van der Waals surface area (Å²) in [5.41, 5.74) is 2.40. The summed E-state index contributed by atoms with van der Waals surface area (Å²) in [6.07, 6.45) is 3.06. The van der Waals surface area contributed by atoms with Crippen LogP contribution in [0, 0.1) is 10.1 Å². The highest BCUT2D eigenvalue weighted by molar-refractivity contribution is 6.02. The maximum atomic E-state index is 12.3. The molecule has 0 bridgehead atoms. The minimum Gasteiger partial charge on any atom is -0.456 e. The van der Waals surface area contributed by atoms with Gasteiger partial charge in [0, 0.05) is 23.5 Å². The van der Waals surface area contributed by atoms with E-state index in [2.05, 4.69) is 10.6 Å². The Bertz CT molecular complexity index is 1380. The van der Waals surface area contributed by atoms with Crippen LogP contribution in [0.2, 0.25) is 0 Å². The Morgan fingerprint density at radius 3 is 2.20 bits per heavy atom. The molecule has 1 heterocycles. The van der Waals surface area contributed by atoms with Gasteiger partial charge in [0.15, 0.2) is 0 Å². The molecule has 8 heteroatoms. The average Bonchev–Trinajstić information content (AvgIpc) is 3.33. The Balaban J connectivity index is 1.32. The largest absolute Gasteiger partial charge is 0.456 e. The van der Waals surface area contributed by atoms with Gasteiger partial charge in [0.1, 0.15) is 11.5 Å². The molecule has 0 spiro atoms. The van der Waals surface area contributed by atoms with Gasteiger partial charge in [0.25, 0.3) is 5.69 Å². The molecule has 0 unspecified atom stereocenters. The number of nitrogens with zero attached hydrogens (tertiary/aromatic N) is 1. The van der Waals surface area contributed by atoms with E-state index in [4.69, 9.17) is 4.42 Å². The molecule has 2 amide bonds. The van der Waals surface area contributed by atoms with Crippen molar-refractivity contribution in [3.63, 3.8) is 0 Å². The van der Waals surface area contributed by atoms with Crippen LogP contribution in [0.5, 0.6) is 0 Å². The summed E-state index contributed by atoms with van der Waals surface area (Å²) < 4.78 is 5.64. The van der Waals surface area contributed by atoms with E-state index in [0.29, 0.717) is 28.5 Å². The monoisotopic (exact) mass is 467 g/mol. The van der Waals surface area contributed by atoms with Crippen molar-refractivity contribution >= 4 is 35.0 Å². The number of nitrogens with one attached hydrogen (secondary N) is 2. The predicted octanol–water partition coefficient (Wildman–Crippen LogP) is 5.69. The van der Waals surface area contributed by atoms with E-state index in [1.807, 2.05) is 30.3 Å². The van der Waals surface area contributed by atoms with E-state index in [1.54, 1.807) is 54.6 Å². The Hall–Kier alpha value is -4.98. The molecular formula is C27H21N3O5. The summed E-state index contributed by atoms with van der Waals surface area (Å²) in [7, 11) is 0. The van der Waals surface area contributed by atoms with Crippen LogP contribution in [0.4, 0.5) is 17.1 Å². The summed E-state index contributed by atoms with van der Waals surface area (Å²) in [4.78, 5) is 35.2. The van der Waals surface area contributed by atoms with E-state index in [1.165, 1.54) is 18.2 Å². The van der Waals surface area contributed by atoms with Crippen molar-refractivity contribution in [1.82, 2.24) is 0 Å². The summed E-state index contributed by atoms with van der Waals surface area (Å²) in [5.74, 6) is 0.205. The van der Waals surface area contributed by atoms with Crippen molar-refractivity contribution < 1.29 is 18.9 Å². The number of hydrogen-bond donors (Lipinski definition) is 2. The second kappa shape index (κ2) is 10.8. The van der Waals surface area contributed by atoms with E-state index in [0.717, 1.165) is 5.56 Å². The first-order valence-corrected chi connectivity index (χ1v) is 10.7. The molecule has 0 atom stereocenters. The fourth-order valence-electron chi connectivity index (χ4n) is 3.39. The lowest BCUT2D eigenvalue weighted by atomic mass is 10.1. The van der Waals surface area contributed by atoms with Crippen LogP contribution < -0.4 is 10.6 Å². The van der Waals surface area contributed by atoms with Gasteiger partial charge in [0.05, 0.1) is 16.9 Å². The molecular weight excluding hydrogens is 446 g/mol. The van der Waals surface area contributed by atoms with Gasteiger partial charge >= 0.3 is 0 Å². The molecule has 0 fully saturated rings. The second-order valence-corrected chi connectivity index (χ2v) is 7.59. The van der Waals surface area contributed by atoms with Gasteiger partial charge in [-0.2, -0.15) is 0 Å². The number of carbonyl (C=O) groups is 2. The van der Waals surface area contributed by atoms with Gasteiger partial charge in [-0.05, 0) is 54.1 Å². The van der Waals surface area contributed by atoms with E-state index in [-0.39, 0.29) is 23.9 Å². The fourth-order valence-corrected chi connectivity index (χ4v) is 3.39. The van der Waals surface area contributed by atoms with Gasteiger partial charge < -0.3 is 15.1 Å². The number of nitro benzene ring substituents is 1. The smallest absolute Gasteiger partial charge is 0.280 e. The van der Waals surface area contributed by atoms with Crippen LogP contribution in [-0.2, 0) is 16.0 Å². The lowest BCUT2D eigenvalue weighted by molar-refractivity contribution is -0.384. The molecule has 35 heavy (non-hydrogen) atoms. The minimum atomic E-state index is -0.471. The molecule has 3 aromatic carbocycles. The molecule has 2 N–H and O–H groups in total. The third-order valence-corrected chi connectivity index (χ3v) is 5.04. The zero-order valence-corrected chi connectivity index (χ0v) is 18.5. The second-order valence-electron chi connectivity index (χ2n) is 7.59. The molecule has 0 aliphatic rings. The number of nitro groups is 1. The zero-order valence-electron chi connectivity index (χ0n) is 18.5. The highest BCUT2D eigenvalue weighted by Gasteiger charge is 2.16. The fraction of sp³-hybridized carbons (Fsp3) is 0.0370. The number of carbonyl (C=O) groups excluding carboxylic acids is 2. The van der Waals surface area contributed by atoms with E-state index in [9.17, 15) is 19.7 Å². The molecule has 0 saturated carbocycles. The van der Waals surface area contributed by atoms with Gasteiger partial charge in [-0.15, -0.1) is 0 Å². The molecule has 8 nitrogen and oxygen atoms in total. The molecule has 0 aliphatic heterocycles. The lowest BCUT2D eigenvalue weighted by Gasteiger charge is -2.07. The van der Waals surface area contributed by atoms with Gasteiger partial charge in [-0.1, -0.05) is 42.5 Å². The standard InChI is InChI=1S/C27H21N3O5/c31-26(17-15-22-14-16-25(35-22)23-8-4-5-9-24(23)30(33)34)28-20-10-12-21(13-11-20)29-27(32)18-19-6-2-1-3-7-19/h1-17H,18H2,(H,28,31)(H,29,32)/b17-15+. The van der Waals surface area contributed by atoms with Crippen LogP contribution in [-0.4, -0.2) is 16.7 Å². The molecule has 0 radical (unpaired) electrons. The number of anilines is 2. The quantitative estimate of drug-likeness (QED) is 0.196. The SMILES string of the molecule is O=C(/C=C/c1ccc(-c2ccccc2[N+](=O)[O-])o1)Nc1ccc(NC(=O)Cc2ccccc2)cc1. The topological polar surface area (TPSA) is 114 Å². The van der Waals surface area contributed by atoms with Crippen LogP contribution >= 0.6 is 0 Å². The Kier molecular flexibility index (Phi) is 7.13. The van der Waals surface area contributed by atoms with Gasteiger partial charge in [-0.25, -0.2) is 0 Å². The molecule has 4 aromatic rings. The molecule has 1 aromatic heterocycles. The predicted molar refractivity (Wildman–Crippen MR) is 134 cm³/mol. The summed E-state index contributed by atoms with van der Waals surface area (Å²) >= 11 is 0. The van der Waals surface area contributed by atoms with Crippen molar-refractivity contribution in [3.8, 4) is 11.3 Å².